The summed E-state index contributed by atoms with van der Waals surface area (Å²) in [7, 11) is 0. The summed E-state index contributed by atoms with van der Waals surface area (Å²) in [6.07, 6.45) is 0.241. The molecular weight excluding hydrogens is 333 g/mol. The number of benzene rings is 1. The number of pyridine rings is 1. The van der Waals surface area contributed by atoms with Gasteiger partial charge in [-0.1, -0.05) is 6.07 Å². The van der Waals surface area contributed by atoms with Crippen molar-refractivity contribution in [1.82, 2.24) is 10.3 Å². The van der Waals surface area contributed by atoms with Crippen LogP contribution in [0.4, 0.5) is 13.2 Å². The number of carbonyl (C=O) groups excluding carboxylic acids is 1. The molecule has 2 aromatic heterocycles. The normalized spacial score (nSPS) is 11.3. The molecule has 0 radical (unpaired) electrons. The van der Waals surface area contributed by atoms with Crippen molar-refractivity contribution in [2.45, 2.75) is 12.7 Å². The van der Waals surface area contributed by atoms with Crippen LogP contribution < -0.4 is 5.32 Å². The summed E-state index contributed by atoms with van der Waals surface area (Å²) in [5.41, 5.74) is 0.539. The Kier molecular flexibility index (Phi) is 4.56. The lowest BCUT2D eigenvalue weighted by atomic mass is 10.1. The summed E-state index contributed by atoms with van der Waals surface area (Å²) < 4.78 is 43.4. The summed E-state index contributed by atoms with van der Waals surface area (Å²) in [5.74, 6) is 0.0491. The number of hydrogen-bond acceptors (Lipinski definition) is 3. The molecule has 2 heterocycles. The fraction of sp³-hybridized carbons (Fsp3) is 0.111. The lowest BCUT2D eigenvalue weighted by molar-refractivity contribution is -0.137. The van der Waals surface area contributed by atoms with E-state index in [0.29, 0.717) is 11.3 Å². The lowest BCUT2D eigenvalue weighted by Gasteiger charge is -2.09. The Morgan fingerprint density at radius 1 is 1.12 bits per heavy atom. The highest BCUT2D eigenvalue weighted by atomic mass is 19.4. The van der Waals surface area contributed by atoms with E-state index in [-0.39, 0.29) is 12.1 Å². The minimum Gasteiger partial charge on any atom is -0.464 e. The first-order chi connectivity index (χ1) is 11.9. The van der Waals surface area contributed by atoms with Gasteiger partial charge in [-0.3, -0.25) is 9.78 Å². The maximum absolute atomic E-state index is 12.7. The van der Waals surface area contributed by atoms with Crippen molar-refractivity contribution in [3.05, 3.63) is 77.8 Å². The first-order valence-electron chi connectivity index (χ1n) is 7.37. The largest absolute Gasteiger partial charge is 0.464 e. The van der Waals surface area contributed by atoms with Crippen LogP contribution in [0.3, 0.4) is 0 Å². The summed E-state index contributed by atoms with van der Waals surface area (Å²) in [6, 6.07) is 9.61. The maximum atomic E-state index is 12.7. The molecule has 3 rings (SSSR count). The molecule has 0 atom stereocenters. The van der Waals surface area contributed by atoms with E-state index in [9.17, 15) is 18.0 Å². The molecule has 0 aliphatic heterocycles. The van der Waals surface area contributed by atoms with Gasteiger partial charge in [-0.2, -0.15) is 13.2 Å². The van der Waals surface area contributed by atoms with E-state index < -0.39 is 17.6 Å². The van der Waals surface area contributed by atoms with Crippen molar-refractivity contribution < 1.29 is 22.4 Å². The minimum atomic E-state index is -4.49. The topological polar surface area (TPSA) is 55.1 Å². The summed E-state index contributed by atoms with van der Waals surface area (Å²) in [4.78, 5) is 16.2. The Morgan fingerprint density at radius 3 is 2.68 bits per heavy atom. The minimum absolute atomic E-state index is 0.0510. The number of halogens is 3. The molecule has 1 N–H and O–H groups in total. The monoisotopic (exact) mass is 346 g/mol. The third-order valence-electron chi connectivity index (χ3n) is 3.51. The molecule has 3 aromatic rings. The molecule has 0 spiro atoms. The predicted octanol–water partition coefficient (Wildman–Crippen LogP) is 4.29. The van der Waals surface area contributed by atoms with Crippen molar-refractivity contribution in [2.75, 3.05) is 0 Å². The van der Waals surface area contributed by atoms with Crippen LogP contribution in [-0.2, 0) is 12.7 Å². The molecule has 7 heteroatoms. The molecule has 0 fully saturated rings. The molecule has 1 amide bonds. The number of nitrogens with zero attached hydrogens (tertiary/aromatic N) is 1. The molecule has 0 aliphatic carbocycles. The molecule has 0 bridgehead atoms. The fourth-order valence-electron chi connectivity index (χ4n) is 2.28. The smallest absolute Gasteiger partial charge is 0.416 e. The zero-order chi connectivity index (χ0) is 17.9. The Balaban J connectivity index is 1.70. The highest BCUT2D eigenvalue weighted by Crippen LogP contribution is 2.29. The van der Waals surface area contributed by atoms with E-state index in [0.717, 1.165) is 17.7 Å². The van der Waals surface area contributed by atoms with Gasteiger partial charge >= 0.3 is 6.18 Å². The van der Waals surface area contributed by atoms with E-state index in [4.69, 9.17) is 4.42 Å². The van der Waals surface area contributed by atoms with Gasteiger partial charge in [0, 0.05) is 30.1 Å². The van der Waals surface area contributed by atoms with Crippen LogP contribution in [0.1, 0.15) is 21.5 Å². The first kappa shape index (κ1) is 16.8. The van der Waals surface area contributed by atoms with E-state index in [1.165, 1.54) is 18.4 Å². The van der Waals surface area contributed by atoms with Crippen LogP contribution in [0.2, 0.25) is 0 Å². The molecule has 4 nitrogen and oxygen atoms in total. The molecule has 0 saturated heterocycles. The Morgan fingerprint density at radius 2 is 1.96 bits per heavy atom. The number of alkyl halides is 3. The van der Waals surface area contributed by atoms with Gasteiger partial charge in [0.2, 0.25) is 0 Å². The maximum Gasteiger partial charge on any atom is 0.416 e. The number of nitrogens with one attached hydrogen (secondary N) is 1. The molecule has 0 unspecified atom stereocenters. The van der Waals surface area contributed by atoms with Crippen molar-refractivity contribution >= 4 is 5.91 Å². The van der Waals surface area contributed by atoms with Crippen LogP contribution in [-0.4, -0.2) is 10.9 Å². The average molecular weight is 346 g/mol. The highest BCUT2D eigenvalue weighted by Gasteiger charge is 2.30. The van der Waals surface area contributed by atoms with Gasteiger partial charge < -0.3 is 9.73 Å². The van der Waals surface area contributed by atoms with Gasteiger partial charge in [0.05, 0.1) is 11.8 Å². The predicted molar refractivity (Wildman–Crippen MR) is 84.6 cm³/mol. The average Bonchev–Trinajstić information content (AvgIpc) is 3.14. The number of aromatic nitrogens is 1. The van der Waals surface area contributed by atoms with Crippen molar-refractivity contribution in [1.29, 1.82) is 0 Å². The number of amides is 1. The SMILES string of the molecule is O=C(NCc1cncc(-c2ccco2)c1)c1cccc(C(F)(F)F)c1. The molecular formula is C18H13F3N2O2. The number of hydrogen-bond donors (Lipinski definition) is 1. The Hall–Kier alpha value is -3.09. The number of rotatable bonds is 4. The van der Waals surface area contributed by atoms with E-state index >= 15 is 0 Å². The lowest BCUT2D eigenvalue weighted by Crippen LogP contribution is -2.23. The van der Waals surface area contributed by atoms with E-state index in [1.807, 2.05) is 0 Å². The van der Waals surface area contributed by atoms with Crippen LogP contribution >= 0.6 is 0 Å². The van der Waals surface area contributed by atoms with Crippen molar-refractivity contribution in [2.24, 2.45) is 0 Å². The highest BCUT2D eigenvalue weighted by molar-refractivity contribution is 5.94. The fourth-order valence-corrected chi connectivity index (χ4v) is 2.28. The van der Waals surface area contributed by atoms with Gasteiger partial charge in [0.15, 0.2) is 0 Å². The van der Waals surface area contributed by atoms with Gasteiger partial charge in [-0.05, 0) is 42.0 Å². The van der Waals surface area contributed by atoms with Gasteiger partial charge in [0.25, 0.3) is 5.91 Å². The summed E-state index contributed by atoms with van der Waals surface area (Å²) in [6.45, 7) is 0.136. The van der Waals surface area contributed by atoms with Crippen LogP contribution in [0.25, 0.3) is 11.3 Å². The molecule has 25 heavy (non-hydrogen) atoms. The standard InChI is InChI=1S/C18H13F3N2O2/c19-18(20,21)15-4-1-3-13(8-15)17(24)23-10-12-7-14(11-22-9-12)16-5-2-6-25-16/h1-9,11H,10H2,(H,23,24). The first-order valence-corrected chi connectivity index (χ1v) is 7.37. The zero-order valence-electron chi connectivity index (χ0n) is 12.9. The number of furan rings is 1. The molecule has 128 valence electrons. The van der Waals surface area contributed by atoms with E-state index in [2.05, 4.69) is 10.3 Å². The summed E-state index contributed by atoms with van der Waals surface area (Å²) in [5, 5.41) is 2.59. The second kappa shape index (κ2) is 6.80. The quantitative estimate of drug-likeness (QED) is 0.767. The Labute approximate surface area is 141 Å². The summed E-state index contributed by atoms with van der Waals surface area (Å²) >= 11 is 0. The van der Waals surface area contributed by atoms with Crippen LogP contribution in [0.5, 0.6) is 0 Å². The number of carbonyl (C=O) groups is 1. The second-order valence-electron chi connectivity index (χ2n) is 5.32. The van der Waals surface area contributed by atoms with Crippen molar-refractivity contribution in [3.63, 3.8) is 0 Å². The zero-order valence-corrected chi connectivity index (χ0v) is 12.9. The van der Waals surface area contributed by atoms with Gasteiger partial charge in [-0.25, -0.2) is 0 Å². The molecule has 1 aromatic carbocycles. The molecule has 0 saturated carbocycles. The second-order valence-corrected chi connectivity index (χ2v) is 5.32. The van der Waals surface area contributed by atoms with Crippen LogP contribution in [0, 0.1) is 0 Å². The molecule has 0 aliphatic rings. The third-order valence-corrected chi connectivity index (χ3v) is 3.51. The van der Waals surface area contributed by atoms with Gasteiger partial charge in [0.1, 0.15) is 5.76 Å². The van der Waals surface area contributed by atoms with Crippen molar-refractivity contribution in [3.8, 4) is 11.3 Å². The van der Waals surface area contributed by atoms with E-state index in [1.54, 1.807) is 30.6 Å². The Bertz CT molecular complexity index is 874. The third kappa shape index (κ3) is 4.06. The van der Waals surface area contributed by atoms with Gasteiger partial charge in [-0.15, -0.1) is 0 Å². The van der Waals surface area contributed by atoms with Crippen LogP contribution in [0.15, 0.2) is 65.5 Å².